The second kappa shape index (κ2) is 8.39. The van der Waals surface area contributed by atoms with Crippen molar-refractivity contribution < 1.29 is 14.0 Å². The minimum absolute atomic E-state index is 0.0612. The first kappa shape index (κ1) is 17.1. The van der Waals surface area contributed by atoms with E-state index in [1.165, 1.54) is 6.26 Å². The fourth-order valence-corrected chi connectivity index (χ4v) is 2.21. The third-order valence-electron chi connectivity index (χ3n) is 3.35. The van der Waals surface area contributed by atoms with Gasteiger partial charge in [0, 0.05) is 24.5 Å². The van der Waals surface area contributed by atoms with E-state index in [4.69, 9.17) is 16.0 Å². The van der Waals surface area contributed by atoms with Crippen LogP contribution in [-0.4, -0.2) is 24.9 Å². The molecule has 0 atom stereocenters. The Hall–Kier alpha value is -2.27. The first-order valence-electron chi connectivity index (χ1n) is 7.39. The van der Waals surface area contributed by atoms with Gasteiger partial charge < -0.3 is 15.1 Å². The minimum atomic E-state index is -0.293. The summed E-state index contributed by atoms with van der Waals surface area (Å²) in [6.07, 6.45) is 2.45. The van der Waals surface area contributed by atoms with Gasteiger partial charge in [-0.15, -0.1) is 0 Å². The Morgan fingerprint density at radius 2 is 1.96 bits per heavy atom. The maximum absolute atomic E-state index is 11.8. The molecule has 0 aliphatic heterocycles. The second-order valence-electron chi connectivity index (χ2n) is 5.17. The summed E-state index contributed by atoms with van der Waals surface area (Å²) in [5.41, 5.74) is 2.05. The van der Waals surface area contributed by atoms with Gasteiger partial charge in [-0.1, -0.05) is 23.7 Å². The van der Waals surface area contributed by atoms with Gasteiger partial charge in [0.05, 0.1) is 6.26 Å². The van der Waals surface area contributed by atoms with Crippen LogP contribution in [0.5, 0.6) is 0 Å². The predicted molar refractivity (Wildman–Crippen MR) is 88.6 cm³/mol. The molecule has 1 aromatic heterocycles. The highest BCUT2D eigenvalue weighted by Gasteiger charge is 2.07. The van der Waals surface area contributed by atoms with Gasteiger partial charge in [0.15, 0.2) is 5.76 Å². The van der Waals surface area contributed by atoms with Gasteiger partial charge in [0.25, 0.3) is 5.91 Å². The third-order valence-corrected chi connectivity index (χ3v) is 3.76. The van der Waals surface area contributed by atoms with Crippen molar-refractivity contribution in [3.8, 4) is 0 Å². The molecule has 2 rings (SSSR count). The zero-order valence-corrected chi connectivity index (χ0v) is 13.7. The monoisotopic (exact) mass is 334 g/mol. The molecule has 0 fully saturated rings. The maximum atomic E-state index is 11.8. The summed E-state index contributed by atoms with van der Waals surface area (Å²) < 4.78 is 4.97. The molecular formula is C17H19ClN2O3. The lowest BCUT2D eigenvalue weighted by molar-refractivity contribution is -0.121. The molecule has 0 bridgehead atoms. The molecular weight excluding hydrogens is 316 g/mol. The van der Waals surface area contributed by atoms with Crippen molar-refractivity contribution in [2.75, 3.05) is 13.1 Å². The summed E-state index contributed by atoms with van der Waals surface area (Å²) in [5, 5.41) is 6.14. The molecule has 1 heterocycles. The number of rotatable bonds is 7. The molecule has 0 aliphatic carbocycles. The van der Waals surface area contributed by atoms with Gasteiger partial charge >= 0.3 is 0 Å². The number of hydrogen-bond donors (Lipinski definition) is 2. The van der Waals surface area contributed by atoms with E-state index in [1.54, 1.807) is 12.1 Å². The van der Waals surface area contributed by atoms with Crippen LogP contribution < -0.4 is 10.6 Å². The molecule has 2 N–H and O–H groups in total. The fourth-order valence-electron chi connectivity index (χ4n) is 2.01. The molecule has 2 aromatic rings. The molecule has 0 spiro atoms. The van der Waals surface area contributed by atoms with Crippen molar-refractivity contribution in [1.29, 1.82) is 0 Å². The van der Waals surface area contributed by atoms with E-state index in [0.717, 1.165) is 11.1 Å². The molecule has 2 amide bonds. The normalized spacial score (nSPS) is 10.3. The maximum Gasteiger partial charge on any atom is 0.287 e. The predicted octanol–water partition coefficient (Wildman–Crippen LogP) is 2.72. The number of carbonyl (C=O) groups excluding carboxylic acids is 2. The number of halogens is 1. The van der Waals surface area contributed by atoms with Crippen LogP contribution in [0, 0.1) is 6.92 Å². The lowest BCUT2D eigenvalue weighted by Crippen LogP contribution is -2.34. The number of furan rings is 1. The molecule has 1 aromatic carbocycles. The Balaban J connectivity index is 1.63. The smallest absolute Gasteiger partial charge is 0.287 e. The van der Waals surface area contributed by atoms with Gasteiger partial charge in [-0.2, -0.15) is 0 Å². The lowest BCUT2D eigenvalue weighted by atomic mass is 10.1. The molecule has 0 radical (unpaired) electrons. The van der Waals surface area contributed by atoms with Crippen LogP contribution in [0.2, 0.25) is 5.02 Å². The Morgan fingerprint density at radius 1 is 1.17 bits per heavy atom. The van der Waals surface area contributed by atoms with E-state index in [0.29, 0.717) is 31.0 Å². The van der Waals surface area contributed by atoms with E-state index < -0.39 is 0 Å². The van der Waals surface area contributed by atoms with Crippen LogP contribution in [0.25, 0.3) is 0 Å². The third kappa shape index (κ3) is 5.45. The average Bonchev–Trinajstić information content (AvgIpc) is 3.07. The Labute approximate surface area is 140 Å². The van der Waals surface area contributed by atoms with Crippen molar-refractivity contribution >= 4 is 23.4 Å². The van der Waals surface area contributed by atoms with Gasteiger partial charge in [0.2, 0.25) is 5.91 Å². The molecule has 0 aliphatic rings. The van der Waals surface area contributed by atoms with Crippen molar-refractivity contribution in [1.82, 2.24) is 10.6 Å². The minimum Gasteiger partial charge on any atom is -0.459 e. The topological polar surface area (TPSA) is 71.3 Å². The van der Waals surface area contributed by atoms with Gasteiger partial charge in [-0.05, 0) is 42.7 Å². The molecule has 23 heavy (non-hydrogen) atoms. The fraction of sp³-hybridized carbons (Fsp3) is 0.294. The van der Waals surface area contributed by atoms with E-state index >= 15 is 0 Å². The van der Waals surface area contributed by atoms with E-state index in [9.17, 15) is 9.59 Å². The highest BCUT2D eigenvalue weighted by atomic mass is 35.5. The van der Waals surface area contributed by atoms with Crippen LogP contribution in [-0.2, 0) is 11.2 Å². The first-order chi connectivity index (χ1) is 11.1. The zero-order valence-electron chi connectivity index (χ0n) is 12.9. The summed E-state index contributed by atoms with van der Waals surface area (Å²) in [6, 6.07) is 9.03. The summed E-state index contributed by atoms with van der Waals surface area (Å²) in [7, 11) is 0. The quantitative estimate of drug-likeness (QED) is 0.765. The van der Waals surface area contributed by atoms with Crippen LogP contribution in [0.3, 0.4) is 0 Å². The van der Waals surface area contributed by atoms with Crippen LogP contribution >= 0.6 is 11.6 Å². The molecule has 122 valence electrons. The Kier molecular flexibility index (Phi) is 6.23. The zero-order chi connectivity index (χ0) is 16.7. The number of carbonyl (C=O) groups is 2. The van der Waals surface area contributed by atoms with Crippen LogP contribution in [0.1, 0.15) is 28.1 Å². The molecule has 0 saturated carbocycles. The number of amides is 2. The standard InChI is InChI=1S/C17H19ClN2O3/c1-12-4-5-13(11-14(12)18)6-7-16(21)19-8-9-20-17(22)15-3-2-10-23-15/h2-5,10-11H,6-9H2,1H3,(H,19,21)(H,20,22). The van der Waals surface area contributed by atoms with E-state index in [1.807, 2.05) is 25.1 Å². The first-order valence-corrected chi connectivity index (χ1v) is 7.77. The molecule has 0 unspecified atom stereocenters. The lowest BCUT2D eigenvalue weighted by Gasteiger charge is -2.07. The average molecular weight is 335 g/mol. The van der Waals surface area contributed by atoms with Crippen molar-refractivity contribution in [2.45, 2.75) is 19.8 Å². The van der Waals surface area contributed by atoms with Gasteiger partial charge in [0.1, 0.15) is 0 Å². The van der Waals surface area contributed by atoms with Crippen LogP contribution in [0.15, 0.2) is 41.0 Å². The van der Waals surface area contributed by atoms with Gasteiger partial charge in [-0.3, -0.25) is 9.59 Å². The highest BCUT2D eigenvalue weighted by Crippen LogP contribution is 2.17. The summed E-state index contributed by atoms with van der Waals surface area (Å²) >= 11 is 6.06. The Bertz CT molecular complexity index is 668. The second-order valence-corrected chi connectivity index (χ2v) is 5.57. The van der Waals surface area contributed by atoms with E-state index in [2.05, 4.69) is 10.6 Å². The Morgan fingerprint density at radius 3 is 2.65 bits per heavy atom. The summed E-state index contributed by atoms with van der Waals surface area (Å²) in [5.74, 6) is -0.0972. The summed E-state index contributed by atoms with van der Waals surface area (Å²) in [6.45, 7) is 2.66. The summed E-state index contributed by atoms with van der Waals surface area (Å²) in [4.78, 5) is 23.4. The highest BCUT2D eigenvalue weighted by molar-refractivity contribution is 6.31. The molecule has 5 nitrogen and oxygen atoms in total. The van der Waals surface area contributed by atoms with Crippen LogP contribution in [0.4, 0.5) is 0 Å². The largest absolute Gasteiger partial charge is 0.459 e. The van der Waals surface area contributed by atoms with Crippen molar-refractivity contribution in [2.24, 2.45) is 0 Å². The molecule has 6 heteroatoms. The number of nitrogens with one attached hydrogen (secondary N) is 2. The van der Waals surface area contributed by atoms with E-state index in [-0.39, 0.29) is 17.6 Å². The number of aryl methyl sites for hydroxylation is 2. The number of benzene rings is 1. The van der Waals surface area contributed by atoms with Gasteiger partial charge in [-0.25, -0.2) is 0 Å². The number of hydrogen-bond acceptors (Lipinski definition) is 3. The SMILES string of the molecule is Cc1ccc(CCC(=O)NCCNC(=O)c2ccco2)cc1Cl. The molecule has 0 saturated heterocycles. The van der Waals surface area contributed by atoms with Crippen molar-refractivity contribution in [3.63, 3.8) is 0 Å². The van der Waals surface area contributed by atoms with Crippen molar-refractivity contribution in [3.05, 3.63) is 58.5 Å².